The minimum Gasteiger partial charge on any atom is -0.494 e. The normalized spacial score (nSPS) is 10.5. The van der Waals surface area contributed by atoms with Crippen molar-refractivity contribution in [1.29, 1.82) is 0 Å². The Morgan fingerprint density at radius 3 is 2.63 bits per heavy atom. The van der Waals surface area contributed by atoms with Crippen LogP contribution < -0.4 is 15.6 Å². The molecule has 1 N–H and O–H groups in total. The van der Waals surface area contributed by atoms with E-state index in [2.05, 4.69) is 26.3 Å². The Balaban J connectivity index is 2.06. The summed E-state index contributed by atoms with van der Waals surface area (Å²) >= 11 is 3.16. The lowest BCUT2D eigenvalue weighted by atomic mass is 10.2. The van der Waals surface area contributed by atoms with Gasteiger partial charge in [0, 0.05) is 4.47 Å². The number of para-hydroxylation sites is 1. The van der Waals surface area contributed by atoms with E-state index in [4.69, 9.17) is 4.74 Å². The second kappa shape index (κ2) is 7.71. The van der Waals surface area contributed by atoms with Crippen LogP contribution in [0.15, 0.2) is 57.8 Å². The molecule has 27 heavy (non-hydrogen) atoms. The number of nitrogens with one attached hydrogen (secondary N) is 1. The minimum atomic E-state index is -0.699. The number of rotatable bonds is 4. The first-order valence-electron chi connectivity index (χ1n) is 7.91. The van der Waals surface area contributed by atoms with E-state index < -0.39 is 17.3 Å². The standard InChI is InChI=1S/C19H15BrFN3O3/c1-11-5-3-4-6-15(11)24-17(25)10-16(27-2)18(23-24)19(26)22-14-8-7-12(20)9-13(14)21/h3-10H,1-2H3,(H,22,26). The maximum atomic E-state index is 14.0. The van der Waals surface area contributed by atoms with Gasteiger partial charge in [0.1, 0.15) is 5.82 Å². The Bertz CT molecular complexity index is 1080. The molecule has 3 rings (SSSR count). The molecule has 138 valence electrons. The monoisotopic (exact) mass is 431 g/mol. The van der Waals surface area contributed by atoms with Crippen molar-refractivity contribution in [2.75, 3.05) is 12.4 Å². The molecule has 0 radical (unpaired) electrons. The quantitative estimate of drug-likeness (QED) is 0.683. The summed E-state index contributed by atoms with van der Waals surface area (Å²) in [6.45, 7) is 1.82. The molecule has 3 aromatic rings. The molecule has 0 aliphatic rings. The van der Waals surface area contributed by atoms with Crippen LogP contribution >= 0.6 is 15.9 Å². The number of amides is 1. The predicted molar refractivity (Wildman–Crippen MR) is 103 cm³/mol. The van der Waals surface area contributed by atoms with Gasteiger partial charge in [-0.25, -0.2) is 4.39 Å². The van der Waals surface area contributed by atoms with Gasteiger partial charge < -0.3 is 10.1 Å². The molecule has 0 unspecified atom stereocenters. The largest absolute Gasteiger partial charge is 0.494 e. The van der Waals surface area contributed by atoms with Crippen molar-refractivity contribution in [3.63, 3.8) is 0 Å². The number of ether oxygens (including phenoxy) is 1. The van der Waals surface area contributed by atoms with Crippen LogP contribution in [0.2, 0.25) is 0 Å². The molecular formula is C19H15BrFN3O3. The highest BCUT2D eigenvalue weighted by atomic mass is 79.9. The number of nitrogens with zero attached hydrogens (tertiary/aromatic N) is 2. The van der Waals surface area contributed by atoms with Gasteiger partial charge in [-0.15, -0.1) is 0 Å². The van der Waals surface area contributed by atoms with Crippen LogP contribution in [0.25, 0.3) is 5.69 Å². The maximum absolute atomic E-state index is 14.0. The molecule has 0 aliphatic carbocycles. The first-order chi connectivity index (χ1) is 12.9. The van der Waals surface area contributed by atoms with E-state index in [1.165, 1.54) is 25.3 Å². The maximum Gasteiger partial charge on any atom is 0.280 e. The second-order valence-electron chi connectivity index (χ2n) is 5.68. The summed E-state index contributed by atoms with van der Waals surface area (Å²) in [6.07, 6.45) is 0. The number of methoxy groups -OCH3 is 1. The number of hydrogen-bond donors (Lipinski definition) is 1. The van der Waals surface area contributed by atoms with E-state index in [-0.39, 0.29) is 17.1 Å². The van der Waals surface area contributed by atoms with Gasteiger partial charge in [0.2, 0.25) is 0 Å². The third-order valence-corrected chi connectivity index (χ3v) is 4.35. The van der Waals surface area contributed by atoms with E-state index in [0.717, 1.165) is 10.2 Å². The lowest BCUT2D eigenvalue weighted by Gasteiger charge is -2.13. The second-order valence-corrected chi connectivity index (χ2v) is 6.59. The Morgan fingerprint density at radius 1 is 1.22 bits per heavy atom. The zero-order chi connectivity index (χ0) is 19.6. The van der Waals surface area contributed by atoms with E-state index in [1.54, 1.807) is 18.2 Å². The highest BCUT2D eigenvalue weighted by Gasteiger charge is 2.20. The molecule has 0 saturated heterocycles. The van der Waals surface area contributed by atoms with Crippen LogP contribution in [0.3, 0.4) is 0 Å². The van der Waals surface area contributed by atoms with E-state index >= 15 is 0 Å². The summed E-state index contributed by atoms with van der Waals surface area (Å²) in [5.41, 5.74) is 0.743. The van der Waals surface area contributed by atoms with Crippen molar-refractivity contribution in [2.24, 2.45) is 0 Å². The van der Waals surface area contributed by atoms with Crippen LogP contribution in [0.1, 0.15) is 16.1 Å². The van der Waals surface area contributed by atoms with Crippen molar-refractivity contribution in [3.05, 3.63) is 80.4 Å². The average Bonchev–Trinajstić information content (AvgIpc) is 2.64. The first kappa shape index (κ1) is 18.8. The summed E-state index contributed by atoms with van der Waals surface area (Å²) < 4.78 is 20.8. The third kappa shape index (κ3) is 3.90. The molecule has 0 spiro atoms. The number of aromatic nitrogens is 2. The van der Waals surface area contributed by atoms with Crippen molar-refractivity contribution in [1.82, 2.24) is 9.78 Å². The highest BCUT2D eigenvalue weighted by molar-refractivity contribution is 9.10. The highest BCUT2D eigenvalue weighted by Crippen LogP contribution is 2.22. The molecule has 2 aromatic carbocycles. The van der Waals surface area contributed by atoms with E-state index in [9.17, 15) is 14.0 Å². The topological polar surface area (TPSA) is 73.2 Å². The fourth-order valence-corrected chi connectivity index (χ4v) is 2.83. The Hall–Kier alpha value is -3.00. The molecule has 6 nitrogen and oxygen atoms in total. The van der Waals surface area contributed by atoms with E-state index in [1.807, 2.05) is 19.1 Å². The number of aryl methyl sites for hydroxylation is 1. The van der Waals surface area contributed by atoms with Gasteiger partial charge in [-0.2, -0.15) is 9.78 Å². The molecule has 1 aromatic heterocycles. The molecule has 8 heteroatoms. The molecule has 0 bridgehead atoms. The fraction of sp³-hybridized carbons (Fsp3) is 0.105. The van der Waals surface area contributed by atoms with Crippen LogP contribution in [0, 0.1) is 12.7 Å². The van der Waals surface area contributed by atoms with Crippen molar-refractivity contribution < 1.29 is 13.9 Å². The number of halogens is 2. The van der Waals surface area contributed by atoms with E-state index in [0.29, 0.717) is 10.2 Å². The van der Waals surface area contributed by atoms with Gasteiger partial charge in [0.05, 0.1) is 24.6 Å². The number of carbonyl (C=O) groups is 1. The summed E-state index contributed by atoms with van der Waals surface area (Å²) in [7, 11) is 1.32. The van der Waals surface area contributed by atoms with Gasteiger partial charge >= 0.3 is 0 Å². The first-order valence-corrected chi connectivity index (χ1v) is 8.71. The van der Waals surface area contributed by atoms with Gasteiger partial charge in [0.15, 0.2) is 11.4 Å². The molecule has 1 amide bonds. The summed E-state index contributed by atoms with van der Waals surface area (Å²) in [6, 6.07) is 12.5. The summed E-state index contributed by atoms with van der Waals surface area (Å²) in [4.78, 5) is 25.1. The Kier molecular flexibility index (Phi) is 5.36. The predicted octanol–water partition coefficient (Wildman–Crippen LogP) is 3.70. The van der Waals surface area contributed by atoms with Crippen LogP contribution in [0.4, 0.5) is 10.1 Å². The van der Waals surface area contributed by atoms with Crippen LogP contribution in [-0.4, -0.2) is 22.8 Å². The number of carbonyl (C=O) groups excluding carboxylic acids is 1. The van der Waals surface area contributed by atoms with Crippen molar-refractivity contribution in [3.8, 4) is 11.4 Å². The molecule has 0 fully saturated rings. The van der Waals surface area contributed by atoms with Crippen molar-refractivity contribution in [2.45, 2.75) is 6.92 Å². The van der Waals surface area contributed by atoms with Crippen molar-refractivity contribution >= 4 is 27.5 Å². The number of anilines is 1. The van der Waals surface area contributed by atoms with Crippen LogP contribution in [0.5, 0.6) is 5.75 Å². The molecule has 0 atom stereocenters. The lowest BCUT2D eigenvalue weighted by molar-refractivity contribution is 0.101. The SMILES string of the molecule is COc1cc(=O)n(-c2ccccc2C)nc1C(=O)Nc1ccc(Br)cc1F. The molecular weight excluding hydrogens is 417 g/mol. The zero-order valence-electron chi connectivity index (χ0n) is 14.5. The van der Waals surface area contributed by atoms with Gasteiger partial charge in [-0.1, -0.05) is 34.1 Å². The fourth-order valence-electron chi connectivity index (χ4n) is 2.50. The van der Waals surface area contributed by atoms with Gasteiger partial charge in [0.25, 0.3) is 11.5 Å². The van der Waals surface area contributed by atoms with Gasteiger partial charge in [-0.05, 0) is 36.8 Å². The zero-order valence-corrected chi connectivity index (χ0v) is 16.1. The minimum absolute atomic E-state index is 0.000135. The summed E-state index contributed by atoms with van der Waals surface area (Å²) in [5, 5.41) is 6.60. The number of benzene rings is 2. The smallest absolute Gasteiger partial charge is 0.280 e. The Labute approximate surface area is 162 Å². The molecule has 0 saturated carbocycles. The molecule has 0 aliphatic heterocycles. The number of hydrogen-bond acceptors (Lipinski definition) is 4. The molecule has 1 heterocycles. The Morgan fingerprint density at radius 2 is 1.96 bits per heavy atom. The third-order valence-electron chi connectivity index (χ3n) is 3.85. The average molecular weight is 432 g/mol. The lowest BCUT2D eigenvalue weighted by Crippen LogP contribution is -2.26. The van der Waals surface area contributed by atoms with Crippen LogP contribution in [-0.2, 0) is 0 Å². The van der Waals surface area contributed by atoms with Gasteiger partial charge in [-0.3, -0.25) is 9.59 Å². The summed E-state index contributed by atoms with van der Waals surface area (Å²) in [5.74, 6) is -1.31.